The van der Waals surface area contributed by atoms with Gasteiger partial charge in [0.2, 0.25) is 0 Å². The van der Waals surface area contributed by atoms with E-state index < -0.39 is 0 Å². The lowest BCUT2D eigenvalue weighted by Gasteiger charge is -2.10. The van der Waals surface area contributed by atoms with E-state index in [1.165, 1.54) is 0 Å². The summed E-state index contributed by atoms with van der Waals surface area (Å²) < 4.78 is 10.9. The Kier molecular flexibility index (Phi) is 6.08. The molecule has 2 aromatic rings. The molecule has 0 radical (unpaired) electrons. The van der Waals surface area contributed by atoms with Crippen molar-refractivity contribution in [1.82, 2.24) is 0 Å². The number of ether oxygens (including phenoxy) is 2. The van der Waals surface area contributed by atoms with Gasteiger partial charge in [-0.25, -0.2) is 0 Å². The van der Waals surface area contributed by atoms with E-state index >= 15 is 0 Å². The van der Waals surface area contributed by atoms with Crippen LogP contribution in [0.25, 0.3) is 10.8 Å². The minimum Gasteiger partial charge on any atom is -0.492 e. The molecule has 0 spiro atoms. The Balaban J connectivity index is 2.30. The van der Waals surface area contributed by atoms with Crippen molar-refractivity contribution in [2.45, 2.75) is 12.8 Å². The van der Waals surface area contributed by atoms with Crippen LogP contribution in [0.15, 0.2) is 36.4 Å². The zero-order valence-electron chi connectivity index (χ0n) is 12.3. The average molecular weight is 284 g/mol. The second-order valence-corrected chi connectivity index (χ2v) is 4.63. The van der Waals surface area contributed by atoms with Crippen molar-refractivity contribution in [2.24, 2.45) is 0 Å². The smallest absolute Gasteiger partial charge is 0.135 e. The average Bonchev–Trinajstić information content (AvgIpc) is 2.53. The lowest BCUT2D eigenvalue weighted by Crippen LogP contribution is -2.02. The van der Waals surface area contributed by atoms with Crippen LogP contribution in [0.3, 0.4) is 0 Å². The Morgan fingerprint density at radius 1 is 1.10 bits per heavy atom. The van der Waals surface area contributed by atoms with Crippen LogP contribution in [0.4, 0.5) is 0 Å². The summed E-state index contributed by atoms with van der Waals surface area (Å²) in [6.07, 6.45) is 1.30. The number of fused-ring (bicyclic) bond motifs is 1. The number of aliphatic hydroxyl groups excluding tert-OH is 1. The maximum atomic E-state index is 8.88. The molecule has 1 N–H and O–H groups in total. The van der Waals surface area contributed by atoms with E-state index in [-0.39, 0.29) is 6.61 Å². The van der Waals surface area contributed by atoms with Gasteiger partial charge in [0.1, 0.15) is 5.75 Å². The molecule has 0 aliphatic heterocycles. The second-order valence-electron chi connectivity index (χ2n) is 4.63. The standard InChI is InChI=1S/C18H20O3/c1-20-13-6-14-21-18-11-10-15-7-2-3-8-16(15)17(18)9-4-5-12-19/h2-3,7-8,10-11,19H,5-6,12-14H2,1H3. The molecule has 0 heterocycles. The molecule has 0 aliphatic carbocycles. The van der Waals surface area contributed by atoms with Crippen molar-refractivity contribution in [3.8, 4) is 17.6 Å². The molecule has 0 unspecified atom stereocenters. The Morgan fingerprint density at radius 2 is 1.95 bits per heavy atom. The lowest BCUT2D eigenvalue weighted by atomic mass is 10.0. The highest BCUT2D eigenvalue weighted by Crippen LogP contribution is 2.27. The first kappa shape index (κ1) is 15.4. The molecule has 0 atom stereocenters. The quantitative estimate of drug-likeness (QED) is 0.654. The summed E-state index contributed by atoms with van der Waals surface area (Å²) in [7, 11) is 1.68. The number of benzene rings is 2. The molecular formula is C18H20O3. The van der Waals surface area contributed by atoms with Gasteiger partial charge in [-0.15, -0.1) is 0 Å². The summed E-state index contributed by atoms with van der Waals surface area (Å²) in [5, 5.41) is 11.1. The van der Waals surface area contributed by atoms with Crippen molar-refractivity contribution in [2.75, 3.05) is 26.9 Å². The fourth-order valence-electron chi connectivity index (χ4n) is 2.09. The molecule has 0 saturated carbocycles. The first-order chi connectivity index (χ1) is 10.4. The molecule has 0 amide bonds. The van der Waals surface area contributed by atoms with Gasteiger partial charge in [-0.3, -0.25) is 0 Å². The topological polar surface area (TPSA) is 38.7 Å². The highest BCUT2D eigenvalue weighted by molar-refractivity contribution is 5.90. The maximum Gasteiger partial charge on any atom is 0.135 e. The molecule has 2 aromatic carbocycles. The van der Waals surface area contributed by atoms with E-state index in [4.69, 9.17) is 14.6 Å². The Morgan fingerprint density at radius 3 is 2.76 bits per heavy atom. The zero-order valence-corrected chi connectivity index (χ0v) is 12.3. The van der Waals surface area contributed by atoms with Crippen molar-refractivity contribution in [3.05, 3.63) is 42.0 Å². The van der Waals surface area contributed by atoms with E-state index in [1.54, 1.807) is 7.11 Å². The van der Waals surface area contributed by atoms with E-state index in [0.717, 1.165) is 28.5 Å². The first-order valence-corrected chi connectivity index (χ1v) is 7.10. The van der Waals surface area contributed by atoms with E-state index in [1.807, 2.05) is 30.3 Å². The molecular weight excluding hydrogens is 264 g/mol. The van der Waals surface area contributed by atoms with Gasteiger partial charge in [-0.1, -0.05) is 42.2 Å². The van der Waals surface area contributed by atoms with Gasteiger partial charge >= 0.3 is 0 Å². The van der Waals surface area contributed by atoms with Gasteiger partial charge in [0.15, 0.2) is 0 Å². The molecule has 0 bridgehead atoms. The first-order valence-electron chi connectivity index (χ1n) is 7.10. The van der Waals surface area contributed by atoms with Gasteiger partial charge in [-0.05, 0) is 11.5 Å². The van der Waals surface area contributed by atoms with Gasteiger partial charge in [0, 0.05) is 31.9 Å². The maximum absolute atomic E-state index is 8.88. The minimum atomic E-state index is 0.0712. The largest absolute Gasteiger partial charge is 0.492 e. The molecule has 2 rings (SSSR count). The minimum absolute atomic E-state index is 0.0712. The van der Waals surface area contributed by atoms with Crippen LogP contribution in [0.2, 0.25) is 0 Å². The summed E-state index contributed by atoms with van der Waals surface area (Å²) in [6, 6.07) is 12.1. The normalized spacial score (nSPS) is 10.2. The van der Waals surface area contributed by atoms with E-state index in [0.29, 0.717) is 19.6 Å². The molecule has 3 nitrogen and oxygen atoms in total. The number of methoxy groups -OCH3 is 1. The summed E-state index contributed by atoms with van der Waals surface area (Å²) >= 11 is 0. The Labute approximate surface area is 125 Å². The monoisotopic (exact) mass is 284 g/mol. The third kappa shape index (κ3) is 4.22. The molecule has 0 fully saturated rings. The van der Waals surface area contributed by atoms with Crippen molar-refractivity contribution in [1.29, 1.82) is 0 Å². The van der Waals surface area contributed by atoms with Crippen LogP contribution >= 0.6 is 0 Å². The molecule has 0 aliphatic rings. The summed E-state index contributed by atoms with van der Waals surface area (Å²) in [4.78, 5) is 0. The summed E-state index contributed by atoms with van der Waals surface area (Å²) in [6.45, 7) is 1.35. The van der Waals surface area contributed by atoms with Crippen LogP contribution < -0.4 is 4.74 Å². The molecule has 0 saturated heterocycles. The third-order valence-electron chi connectivity index (χ3n) is 3.09. The third-order valence-corrected chi connectivity index (χ3v) is 3.09. The molecule has 21 heavy (non-hydrogen) atoms. The van der Waals surface area contributed by atoms with Gasteiger partial charge in [-0.2, -0.15) is 0 Å². The highest BCUT2D eigenvalue weighted by atomic mass is 16.5. The van der Waals surface area contributed by atoms with E-state index in [9.17, 15) is 0 Å². The van der Waals surface area contributed by atoms with Crippen LogP contribution in [0.5, 0.6) is 5.75 Å². The van der Waals surface area contributed by atoms with Gasteiger partial charge in [0.25, 0.3) is 0 Å². The van der Waals surface area contributed by atoms with Crippen molar-refractivity contribution >= 4 is 10.8 Å². The number of hydrogen-bond donors (Lipinski definition) is 1. The number of aliphatic hydroxyl groups is 1. The Bertz CT molecular complexity index is 638. The van der Waals surface area contributed by atoms with Crippen LogP contribution in [-0.2, 0) is 4.74 Å². The summed E-state index contributed by atoms with van der Waals surface area (Å²) in [5.74, 6) is 6.90. The van der Waals surface area contributed by atoms with Crippen LogP contribution in [0, 0.1) is 11.8 Å². The molecule has 0 aromatic heterocycles. The van der Waals surface area contributed by atoms with Gasteiger partial charge in [0.05, 0.1) is 18.8 Å². The highest BCUT2D eigenvalue weighted by Gasteiger charge is 2.06. The fourth-order valence-corrected chi connectivity index (χ4v) is 2.09. The van der Waals surface area contributed by atoms with Crippen molar-refractivity contribution in [3.63, 3.8) is 0 Å². The SMILES string of the molecule is COCCCOc1ccc2ccccc2c1C#CCCO. The van der Waals surface area contributed by atoms with Crippen LogP contribution in [-0.4, -0.2) is 32.0 Å². The number of hydrogen-bond acceptors (Lipinski definition) is 3. The molecule has 3 heteroatoms. The second kappa shape index (κ2) is 8.31. The lowest BCUT2D eigenvalue weighted by molar-refractivity contribution is 0.172. The van der Waals surface area contributed by atoms with Crippen molar-refractivity contribution < 1.29 is 14.6 Å². The van der Waals surface area contributed by atoms with Gasteiger partial charge < -0.3 is 14.6 Å². The predicted molar refractivity (Wildman–Crippen MR) is 84.5 cm³/mol. The van der Waals surface area contributed by atoms with Crippen LogP contribution in [0.1, 0.15) is 18.4 Å². The predicted octanol–water partition coefficient (Wildman–Crippen LogP) is 2.99. The fraction of sp³-hybridized carbons (Fsp3) is 0.333. The summed E-state index contributed by atoms with van der Waals surface area (Å²) in [5.41, 5.74) is 0.888. The number of rotatable bonds is 6. The molecule has 110 valence electrons. The van der Waals surface area contributed by atoms with E-state index in [2.05, 4.69) is 17.9 Å². The zero-order chi connectivity index (χ0) is 14.9. The Hall–Kier alpha value is -2.02.